The summed E-state index contributed by atoms with van der Waals surface area (Å²) in [5.41, 5.74) is 2.96. The second-order valence-corrected chi connectivity index (χ2v) is 9.08. The van der Waals surface area contributed by atoms with E-state index in [2.05, 4.69) is 22.0 Å². The molecule has 0 saturated carbocycles. The summed E-state index contributed by atoms with van der Waals surface area (Å²) in [5, 5.41) is 13.1. The van der Waals surface area contributed by atoms with Crippen molar-refractivity contribution in [1.82, 2.24) is 0 Å². The van der Waals surface area contributed by atoms with Crippen LogP contribution in [-0.2, 0) is 4.79 Å². The standard InChI is InChI=1S/C23H28ClN3O3/c1-15-5-6-16(24)13-20(15)27-11-9-26(10-12-27)17-7-8-19(18(14-17)21(28)29)25-22(30)23(2,3)4/h5-8,13-14H,9-12H2,1-4H3,(H,25,30)(H,28,29). The number of anilines is 3. The van der Waals surface area contributed by atoms with Gasteiger partial charge in [0.15, 0.2) is 0 Å². The minimum absolute atomic E-state index is 0.0956. The summed E-state index contributed by atoms with van der Waals surface area (Å²) in [4.78, 5) is 28.6. The number of carbonyl (C=O) groups excluding carboxylic acids is 1. The Morgan fingerprint density at radius 2 is 1.63 bits per heavy atom. The van der Waals surface area contributed by atoms with Crippen molar-refractivity contribution in [3.8, 4) is 0 Å². The van der Waals surface area contributed by atoms with Gasteiger partial charge >= 0.3 is 5.97 Å². The smallest absolute Gasteiger partial charge is 0.337 e. The molecule has 0 unspecified atom stereocenters. The van der Waals surface area contributed by atoms with Gasteiger partial charge in [0.1, 0.15) is 0 Å². The van der Waals surface area contributed by atoms with E-state index in [-0.39, 0.29) is 11.5 Å². The van der Waals surface area contributed by atoms with Crippen LogP contribution in [-0.4, -0.2) is 43.2 Å². The van der Waals surface area contributed by atoms with Gasteiger partial charge in [0.05, 0.1) is 11.3 Å². The van der Waals surface area contributed by atoms with Crippen LogP contribution in [0, 0.1) is 12.3 Å². The number of aromatic carboxylic acids is 1. The number of rotatable bonds is 4. The van der Waals surface area contributed by atoms with Crippen molar-refractivity contribution in [3.63, 3.8) is 0 Å². The number of piperazine rings is 1. The van der Waals surface area contributed by atoms with Crippen molar-refractivity contribution in [3.05, 3.63) is 52.5 Å². The van der Waals surface area contributed by atoms with Crippen LogP contribution in [0.3, 0.4) is 0 Å². The Balaban J connectivity index is 1.76. The fraction of sp³-hybridized carbons (Fsp3) is 0.391. The average molecular weight is 430 g/mol. The molecule has 0 spiro atoms. The molecule has 1 aliphatic rings. The second kappa shape index (κ2) is 8.56. The first kappa shape index (κ1) is 22.0. The van der Waals surface area contributed by atoms with Crippen molar-refractivity contribution in [2.75, 3.05) is 41.3 Å². The van der Waals surface area contributed by atoms with Crippen LogP contribution in [0.4, 0.5) is 17.1 Å². The van der Waals surface area contributed by atoms with Gasteiger partial charge in [0.2, 0.25) is 5.91 Å². The lowest BCUT2D eigenvalue weighted by Gasteiger charge is -2.38. The highest BCUT2D eigenvalue weighted by molar-refractivity contribution is 6.30. The summed E-state index contributed by atoms with van der Waals surface area (Å²) in [6, 6.07) is 11.1. The molecule has 1 aliphatic heterocycles. The molecule has 2 aromatic rings. The lowest BCUT2D eigenvalue weighted by Crippen LogP contribution is -2.46. The molecule has 0 bridgehead atoms. The molecule has 0 radical (unpaired) electrons. The molecule has 6 nitrogen and oxygen atoms in total. The van der Waals surface area contributed by atoms with Gasteiger partial charge in [-0.25, -0.2) is 4.79 Å². The fourth-order valence-corrected chi connectivity index (χ4v) is 3.62. The van der Waals surface area contributed by atoms with Gasteiger partial charge in [-0.15, -0.1) is 0 Å². The van der Waals surface area contributed by atoms with Crippen LogP contribution >= 0.6 is 11.6 Å². The van der Waals surface area contributed by atoms with Crippen LogP contribution in [0.1, 0.15) is 36.7 Å². The van der Waals surface area contributed by atoms with E-state index < -0.39 is 11.4 Å². The Labute approximate surface area is 182 Å². The molecule has 30 heavy (non-hydrogen) atoms. The van der Waals surface area contributed by atoms with Gasteiger partial charge < -0.3 is 20.2 Å². The van der Waals surface area contributed by atoms with E-state index in [1.54, 1.807) is 32.9 Å². The predicted molar refractivity (Wildman–Crippen MR) is 122 cm³/mol. The lowest BCUT2D eigenvalue weighted by atomic mass is 9.95. The van der Waals surface area contributed by atoms with Gasteiger partial charge in [-0.1, -0.05) is 38.4 Å². The number of benzene rings is 2. The van der Waals surface area contributed by atoms with Gasteiger partial charge in [-0.2, -0.15) is 0 Å². The number of carbonyl (C=O) groups is 2. The van der Waals surface area contributed by atoms with E-state index in [1.807, 2.05) is 24.3 Å². The Kier molecular flexibility index (Phi) is 6.27. The number of nitrogens with one attached hydrogen (secondary N) is 1. The summed E-state index contributed by atoms with van der Waals surface area (Å²) in [5.74, 6) is -1.28. The minimum Gasteiger partial charge on any atom is -0.478 e. The summed E-state index contributed by atoms with van der Waals surface area (Å²) < 4.78 is 0. The molecule has 2 N–H and O–H groups in total. The summed E-state index contributed by atoms with van der Waals surface area (Å²) in [6.07, 6.45) is 0. The number of hydrogen-bond donors (Lipinski definition) is 2. The number of carboxylic acid groups (broad SMARTS) is 1. The molecule has 1 fully saturated rings. The molecular weight excluding hydrogens is 402 g/mol. The van der Waals surface area contributed by atoms with Gasteiger partial charge in [0, 0.05) is 48.0 Å². The monoisotopic (exact) mass is 429 g/mol. The Bertz CT molecular complexity index is 961. The number of carboxylic acids is 1. The van der Waals surface area contributed by atoms with Crippen molar-refractivity contribution in [2.24, 2.45) is 5.41 Å². The van der Waals surface area contributed by atoms with Gasteiger partial charge in [-0.05, 0) is 42.8 Å². The third kappa shape index (κ3) is 4.87. The fourth-order valence-electron chi connectivity index (χ4n) is 3.45. The highest BCUT2D eigenvalue weighted by Gasteiger charge is 2.25. The van der Waals surface area contributed by atoms with E-state index >= 15 is 0 Å². The zero-order chi connectivity index (χ0) is 22.1. The SMILES string of the molecule is Cc1ccc(Cl)cc1N1CCN(c2ccc(NC(=O)C(C)(C)C)c(C(=O)O)c2)CC1. The van der Waals surface area contributed by atoms with E-state index in [0.29, 0.717) is 5.69 Å². The molecule has 1 amide bonds. The molecule has 1 heterocycles. The molecule has 0 aromatic heterocycles. The van der Waals surface area contributed by atoms with E-state index in [4.69, 9.17) is 11.6 Å². The average Bonchev–Trinajstić information content (AvgIpc) is 2.69. The zero-order valence-corrected chi connectivity index (χ0v) is 18.6. The molecule has 0 atom stereocenters. The van der Waals surface area contributed by atoms with E-state index in [1.165, 1.54) is 5.56 Å². The Morgan fingerprint density at radius 3 is 2.23 bits per heavy atom. The number of hydrogen-bond acceptors (Lipinski definition) is 4. The first-order valence-corrected chi connectivity index (χ1v) is 10.4. The maximum Gasteiger partial charge on any atom is 0.337 e. The van der Waals surface area contributed by atoms with Crippen LogP contribution in [0.15, 0.2) is 36.4 Å². The van der Waals surface area contributed by atoms with Crippen molar-refractivity contribution < 1.29 is 14.7 Å². The molecule has 3 rings (SSSR count). The molecule has 1 saturated heterocycles. The largest absolute Gasteiger partial charge is 0.478 e. The highest BCUT2D eigenvalue weighted by atomic mass is 35.5. The van der Waals surface area contributed by atoms with Crippen molar-refractivity contribution in [2.45, 2.75) is 27.7 Å². The third-order valence-electron chi connectivity index (χ3n) is 5.32. The Hall–Kier alpha value is -2.73. The lowest BCUT2D eigenvalue weighted by molar-refractivity contribution is -0.123. The molecule has 160 valence electrons. The third-order valence-corrected chi connectivity index (χ3v) is 5.55. The van der Waals surface area contributed by atoms with Crippen LogP contribution in [0.25, 0.3) is 0 Å². The maximum atomic E-state index is 12.3. The highest BCUT2D eigenvalue weighted by Crippen LogP contribution is 2.29. The molecule has 7 heteroatoms. The molecular formula is C23H28ClN3O3. The Morgan fingerprint density at radius 1 is 1.00 bits per heavy atom. The second-order valence-electron chi connectivity index (χ2n) is 8.64. The van der Waals surface area contributed by atoms with E-state index in [9.17, 15) is 14.7 Å². The van der Waals surface area contributed by atoms with Crippen molar-refractivity contribution >= 4 is 40.5 Å². The normalized spacial score (nSPS) is 14.6. The zero-order valence-electron chi connectivity index (χ0n) is 17.8. The first-order chi connectivity index (χ1) is 14.1. The van der Waals surface area contributed by atoms with Crippen LogP contribution in [0.2, 0.25) is 5.02 Å². The number of halogens is 1. The summed E-state index contributed by atoms with van der Waals surface area (Å²) >= 11 is 6.16. The van der Waals surface area contributed by atoms with Gasteiger partial charge in [0.25, 0.3) is 0 Å². The minimum atomic E-state index is -1.06. The van der Waals surface area contributed by atoms with Crippen LogP contribution in [0.5, 0.6) is 0 Å². The first-order valence-electron chi connectivity index (χ1n) is 10.0. The topological polar surface area (TPSA) is 72.9 Å². The maximum absolute atomic E-state index is 12.3. The predicted octanol–water partition coefficient (Wildman–Crippen LogP) is 4.66. The van der Waals surface area contributed by atoms with Crippen LogP contribution < -0.4 is 15.1 Å². The number of amides is 1. The summed E-state index contributed by atoms with van der Waals surface area (Å²) in [6.45, 7) is 10.6. The quantitative estimate of drug-likeness (QED) is 0.739. The van der Waals surface area contributed by atoms with Gasteiger partial charge in [-0.3, -0.25) is 4.79 Å². The number of nitrogens with zero attached hydrogens (tertiary/aromatic N) is 2. The van der Waals surface area contributed by atoms with Crippen molar-refractivity contribution in [1.29, 1.82) is 0 Å². The molecule has 0 aliphatic carbocycles. The molecule has 2 aromatic carbocycles. The summed E-state index contributed by atoms with van der Waals surface area (Å²) in [7, 11) is 0. The number of aryl methyl sites for hydroxylation is 1. The van der Waals surface area contributed by atoms with E-state index in [0.717, 1.165) is 42.6 Å².